The lowest BCUT2D eigenvalue weighted by molar-refractivity contribution is -0.137. The summed E-state index contributed by atoms with van der Waals surface area (Å²) in [6.45, 7) is 3.79. The molecule has 0 rings (SSSR count). The van der Waals surface area contributed by atoms with E-state index < -0.39 is 12.4 Å². The van der Waals surface area contributed by atoms with E-state index in [4.69, 9.17) is 5.11 Å². The number of aliphatic carboxylic acids is 1. The van der Waals surface area contributed by atoms with Gasteiger partial charge in [0.05, 0.1) is 0 Å². The lowest BCUT2D eigenvalue weighted by atomic mass is 10.1. The molecule has 0 spiro atoms. The van der Waals surface area contributed by atoms with Crippen LogP contribution in [0, 0.1) is 5.92 Å². The normalized spacial score (nSPS) is 13.3. The van der Waals surface area contributed by atoms with Gasteiger partial charge in [0.1, 0.15) is 5.25 Å². The number of carbonyl (C=O) groups is 1. The molecule has 0 aliphatic carbocycles. The van der Waals surface area contributed by atoms with E-state index in [-0.39, 0.29) is 17.6 Å². The van der Waals surface area contributed by atoms with Gasteiger partial charge in [-0.05, 0) is 24.5 Å². The Kier molecular flexibility index (Phi) is 9.50. The van der Waals surface area contributed by atoms with Gasteiger partial charge in [0, 0.05) is 6.42 Å². The number of carboxylic acids is 1. The van der Waals surface area contributed by atoms with E-state index in [0.717, 1.165) is 25.0 Å². The summed E-state index contributed by atoms with van der Waals surface area (Å²) in [7, 11) is 0. The van der Waals surface area contributed by atoms with E-state index in [2.05, 4.69) is 0 Å². The zero-order valence-corrected chi connectivity index (χ0v) is 11.3. The van der Waals surface area contributed by atoms with Crippen molar-refractivity contribution < 1.29 is 18.7 Å². The predicted octanol–water partition coefficient (Wildman–Crippen LogP) is 4.04. The molecule has 0 aromatic carbocycles. The maximum atomic E-state index is 11.8. The SMILES string of the molecule is CC(C)C(SCCCCCCC(F)F)C(=O)O. The van der Waals surface area contributed by atoms with Crippen LogP contribution in [0.3, 0.4) is 0 Å². The first-order valence-electron chi connectivity index (χ1n) is 6.07. The van der Waals surface area contributed by atoms with Crippen molar-refractivity contribution in [1.29, 1.82) is 0 Å². The molecule has 1 atom stereocenters. The molecular formula is C12H22F2O2S. The number of rotatable bonds is 10. The highest BCUT2D eigenvalue weighted by atomic mass is 32.2. The lowest BCUT2D eigenvalue weighted by Gasteiger charge is -2.15. The molecule has 102 valence electrons. The largest absolute Gasteiger partial charge is 0.480 e. The molecule has 1 N–H and O–H groups in total. The summed E-state index contributed by atoms with van der Waals surface area (Å²) in [5.74, 6) is 0.156. The van der Waals surface area contributed by atoms with Crippen molar-refractivity contribution in [3.05, 3.63) is 0 Å². The quantitative estimate of drug-likeness (QED) is 0.607. The number of hydrogen-bond acceptors (Lipinski definition) is 2. The van der Waals surface area contributed by atoms with Crippen LogP contribution >= 0.6 is 11.8 Å². The molecule has 0 saturated carbocycles. The van der Waals surface area contributed by atoms with E-state index in [1.165, 1.54) is 11.8 Å². The summed E-state index contributed by atoms with van der Waals surface area (Å²) >= 11 is 1.45. The summed E-state index contributed by atoms with van der Waals surface area (Å²) < 4.78 is 23.6. The molecule has 0 aromatic rings. The zero-order valence-electron chi connectivity index (χ0n) is 10.5. The first-order chi connectivity index (χ1) is 7.95. The molecule has 0 amide bonds. The van der Waals surface area contributed by atoms with Crippen LogP contribution in [0.2, 0.25) is 0 Å². The fraction of sp³-hybridized carbons (Fsp3) is 0.917. The van der Waals surface area contributed by atoms with E-state index in [9.17, 15) is 13.6 Å². The molecule has 0 saturated heterocycles. The van der Waals surface area contributed by atoms with Gasteiger partial charge in [-0.3, -0.25) is 4.79 Å². The summed E-state index contributed by atoms with van der Waals surface area (Å²) in [5.41, 5.74) is 0. The third-order valence-electron chi connectivity index (χ3n) is 2.46. The Hall–Kier alpha value is -0.320. The van der Waals surface area contributed by atoms with Crippen molar-refractivity contribution in [3.8, 4) is 0 Å². The monoisotopic (exact) mass is 268 g/mol. The Morgan fingerprint density at radius 3 is 2.24 bits per heavy atom. The van der Waals surface area contributed by atoms with Gasteiger partial charge in [0.15, 0.2) is 0 Å². The Labute approximate surface area is 106 Å². The fourth-order valence-electron chi connectivity index (χ4n) is 1.51. The number of hydrogen-bond donors (Lipinski definition) is 1. The number of alkyl halides is 2. The van der Waals surface area contributed by atoms with Crippen molar-refractivity contribution in [2.45, 2.75) is 57.6 Å². The molecule has 0 heterocycles. The second-order valence-electron chi connectivity index (χ2n) is 4.47. The fourth-order valence-corrected chi connectivity index (χ4v) is 2.67. The maximum absolute atomic E-state index is 11.8. The van der Waals surface area contributed by atoms with Gasteiger partial charge >= 0.3 is 5.97 Å². The molecule has 0 aliphatic rings. The van der Waals surface area contributed by atoms with Gasteiger partial charge in [-0.25, -0.2) is 8.78 Å². The minimum Gasteiger partial charge on any atom is -0.480 e. The highest BCUT2D eigenvalue weighted by Gasteiger charge is 2.21. The van der Waals surface area contributed by atoms with Crippen LogP contribution in [-0.2, 0) is 4.79 Å². The Morgan fingerprint density at radius 2 is 1.76 bits per heavy atom. The minimum atomic E-state index is -2.19. The van der Waals surface area contributed by atoms with Crippen LogP contribution < -0.4 is 0 Å². The molecule has 5 heteroatoms. The second kappa shape index (κ2) is 9.68. The van der Waals surface area contributed by atoms with Gasteiger partial charge in [0.2, 0.25) is 6.43 Å². The van der Waals surface area contributed by atoms with Gasteiger partial charge in [-0.15, -0.1) is 11.8 Å². The number of carboxylic acid groups (broad SMARTS) is 1. The first-order valence-corrected chi connectivity index (χ1v) is 7.12. The summed E-state index contributed by atoms with van der Waals surface area (Å²) in [6, 6.07) is 0. The van der Waals surface area contributed by atoms with E-state index in [1.807, 2.05) is 13.8 Å². The summed E-state index contributed by atoms with van der Waals surface area (Å²) in [6.07, 6.45) is 0.978. The van der Waals surface area contributed by atoms with Crippen LogP contribution in [0.25, 0.3) is 0 Å². The number of halogens is 2. The molecule has 0 bridgehead atoms. The number of unbranched alkanes of at least 4 members (excludes halogenated alkanes) is 3. The van der Waals surface area contributed by atoms with Crippen molar-refractivity contribution in [2.24, 2.45) is 5.92 Å². The van der Waals surface area contributed by atoms with Crippen LogP contribution in [0.1, 0.15) is 46.0 Å². The van der Waals surface area contributed by atoms with Crippen LogP contribution in [0.15, 0.2) is 0 Å². The zero-order chi connectivity index (χ0) is 13.3. The molecule has 0 aliphatic heterocycles. The standard InChI is InChI=1S/C12H22F2O2S/c1-9(2)11(12(15)16)17-8-6-4-3-5-7-10(13)14/h9-11H,3-8H2,1-2H3,(H,15,16). The van der Waals surface area contributed by atoms with Crippen molar-refractivity contribution in [2.75, 3.05) is 5.75 Å². The highest BCUT2D eigenvalue weighted by molar-refractivity contribution is 8.00. The Balaban J connectivity index is 3.46. The topological polar surface area (TPSA) is 37.3 Å². The average Bonchev–Trinajstić information content (AvgIpc) is 2.20. The first kappa shape index (κ1) is 16.7. The molecule has 1 unspecified atom stereocenters. The van der Waals surface area contributed by atoms with E-state index >= 15 is 0 Å². The van der Waals surface area contributed by atoms with E-state index in [1.54, 1.807) is 0 Å². The maximum Gasteiger partial charge on any atom is 0.316 e. The molecule has 0 radical (unpaired) electrons. The lowest BCUT2D eigenvalue weighted by Crippen LogP contribution is -2.22. The third-order valence-corrected chi connectivity index (χ3v) is 4.09. The van der Waals surface area contributed by atoms with Gasteiger partial charge in [-0.1, -0.05) is 26.7 Å². The van der Waals surface area contributed by atoms with Gasteiger partial charge < -0.3 is 5.11 Å². The highest BCUT2D eigenvalue weighted by Crippen LogP contribution is 2.21. The molecule has 17 heavy (non-hydrogen) atoms. The summed E-state index contributed by atoms with van der Waals surface area (Å²) in [5, 5.41) is 8.59. The average molecular weight is 268 g/mol. The second-order valence-corrected chi connectivity index (χ2v) is 5.72. The van der Waals surface area contributed by atoms with Crippen LogP contribution in [-0.4, -0.2) is 28.5 Å². The Bertz CT molecular complexity index is 211. The predicted molar refractivity (Wildman–Crippen MR) is 67.8 cm³/mol. The van der Waals surface area contributed by atoms with Crippen LogP contribution in [0.4, 0.5) is 8.78 Å². The Morgan fingerprint density at radius 1 is 1.18 bits per heavy atom. The van der Waals surface area contributed by atoms with Gasteiger partial charge in [-0.2, -0.15) is 0 Å². The van der Waals surface area contributed by atoms with Crippen LogP contribution in [0.5, 0.6) is 0 Å². The molecule has 0 fully saturated rings. The summed E-state index contributed by atoms with van der Waals surface area (Å²) in [4.78, 5) is 10.9. The number of thioether (sulfide) groups is 1. The molecule has 0 aromatic heterocycles. The van der Waals surface area contributed by atoms with Crippen molar-refractivity contribution in [1.82, 2.24) is 0 Å². The third kappa shape index (κ3) is 9.39. The smallest absolute Gasteiger partial charge is 0.316 e. The minimum absolute atomic E-state index is 0.0170. The van der Waals surface area contributed by atoms with Gasteiger partial charge in [0.25, 0.3) is 0 Å². The molecule has 2 nitrogen and oxygen atoms in total. The van der Waals surface area contributed by atoms with Crippen molar-refractivity contribution in [3.63, 3.8) is 0 Å². The van der Waals surface area contributed by atoms with Crippen molar-refractivity contribution >= 4 is 17.7 Å². The molecular weight excluding hydrogens is 246 g/mol. The van der Waals surface area contributed by atoms with E-state index in [0.29, 0.717) is 6.42 Å².